The Morgan fingerprint density at radius 1 is 0.377 bits per heavy atom. The van der Waals surface area contributed by atoms with Crippen molar-refractivity contribution in [3.05, 3.63) is 161 Å². The van der Waals surface area contributed by atoms with Gasteiger partial charge in [-0.2, -0.15) is 0 Å². The molecule has 0 saturated carbocycles. The number of anilines is 3. The largest absolute Gasteiger partial charge is 0.310 e. The van der Waals surface area contributed by atoms with Crippen molar-refractivity contribution in [2.45, 2.75) is 106 Å². The van der Waals surface area contributed by atoms with Crippen LogP contribution in [-0.4, -0.2) is 0 Å². The van der Waals surface area contributed by atoms with Crippen molar-refractivity contribution < 1.29 is 0 Å². The van der Waals surface area contributed by atoms with Crippen LogP contribution in [0.3, 0.4) is 0 Å². The van der Waals surface area contributed by atoms with E-state index < -0.39 is 0 Å². The molecule has 1 heteroatoms. The molecule has 0 radical (unpaired) electrons. The molecule has 0 N–H and O–H groups in total. The van der Waals surface area contributed by atoms with Crippen molar-refractivity contribution >= 4 is 17.1 Å². The van der Waals surface area contributed by atoms with E-state index in [0.29, 0.717) is 0 Å². The lowest BCUT2D eigenvalue weighted by Gasteiger charge is -2.27. The maximum atomic E-state index is 2.55. The van der Waals surface area contributed by atoms with Gasteiger partial charge >= 0.3 is 0 Å². The number of nitrogens with zero attached hydrogens (tertiary/aromatic N) is 1. The van der Waals surface area contributed by atoms with E-state index in [9.17, 15) is 0 Å². The average molecular weight is 698 g/mol. The molecule has 0 atom stereocenters. The molecule has 6 aromatic carbocycles. The van der Waals surface area contributed by atoms with E-state index in [1.54, 1.807) is 0 Å². The van der Waals surface area contributed by atoms with E-state index in [4.69, 9.17) is 0 Å². The molecule has 0 fully saturated rings. The minimum absolute atomic E-state index is 1.14. The van der Waals surface area contributed by atoms with Gasteiger partial charge in [0.05, 0.1) is 0 Å². The molecular weight excluding hydrogens is 639 g/mol. The zero-order valence-corrected chi connectivity index (χ0v) is 33.1. The number of aryl methyl sites for hydroxylation is 6. The van der Waals surface area contributed by atoms with Gasteiger partial charge in [-0.3, -0.25) is 0 Å². The second-order valence-corrected chi connectivity index (χ2v) is 15.2. The van der Waals surface area contributed by atoms with Crippen LogP contribution in [0.1, 0.15) is 98.6 Å². The second kappa shape index (κ2) is 18.2. The van der Waals surface area contributed by atoms with Gasteiger partial charge in [0.25, 0.3) is 0 Å². The van der Waals surface area contributed by atoms with Gasteiger partial charge in [0.2, 0.25) is 0 Å². The number of hydrogen-bond donors (Lipinski definition) is 0. The molecule has 0 aliphatic rings. The number of benzene rings is 6. The lowest BCUT2D eigenvalue weighted by atomic mass is 9.88. The van der Waals surface area contributed by atoms with Crippen molar-refractivity contribution in [3.8, 4) is 33.4 Å². The molecule has 6 aromatic rings. The van der Waals surface area contributed by atoms with Crippen LogP contribution in [0.2, 0.25) is 0 Å². The van der Waals surface area contributed by atoms with E-state index in [0.717, 1.165) is 18.5 Å². The first-order valence-corrected chi connectivity index (χ1v) is 20.2. The fourth-order valence-corrected chi connectivity index (χ4v) is 7.84. The highest BCUT2D eigenvalue weighted by Gasteiger charge is 2.18. The molecule has 0 unspecified atom stereocenters. The van der Waals surface area contributed by atoms with E-state index in [2.05, 4.69) is 174 Å². The Labute approximate surface area is 320 Å². The number of rotatable bonds is 16. The first-order chi connectivity index (χ1) is 25.9. The Bertz CT molecular complexity index is 2070. The summed E-state index contributed by atoms with van der Waals surface area (Å²) in [5, 5.41) is 0. The van der Waals surface area contributed by atoms with Gasteiger partial charge in [-0.1, -0.05) is 149 Å². The maximum Gasteiger partial charge on any atom is 0.0464 e. The molecule has 0 aliphatic carbocycles. The fourth-order valence-electron chi connectivity index (χ4n) is 7.84. The molecular formula is C52H59N. The molecule has 1 nitrogen and oxygen atoms in total. The normalized spacial score (nSPS) is 11.2. The lowest BCUT2D eigenvalue weighted by Crippen LogP contribution is -2.11. The van der Waals surface area contributed by atoms with Crippen LogP contribution in [0.5, 0.6) is 0 Å². The molecule has 6 rings (SSSR count). The van der Waals surface area contributed by atoms with E-state index in [-0.39, 0.29) is 0 Å². The zero-order chi connectivity index (χ0) is 37.2. The van der Waals surface area contributed by atoms with Crippen LogP contribution in [-0.2, 0) is 12.8 Å². The standard InChI is InChI=1S/C52H59N/c1-7-9-11-14-20-45-37-52(46(34-39(45)4)21-15-12-10-8-2)51-33-31-49(36-41(51)6)53(47-28-26-43(27-29-47)42-24-22-38(3)23-25-42)48-30-32-50(40(5)35-48)44-18-16-13-17-19-44/h13,16-19,22-37H,7-12,14-15,20-21H2,1-6H3. The third-order valence-electron chi connectivity index (χ3n) is 11.0. The molecule has 0 bridgehead atoms. The molecule has 0 saturated heterocycles. The highest BCUT2D eigenvalue weighted by atomic mass is 15.1. The summed E-state index contributed by atoms with van der Waals surface area (Å²) in [5.74, 6) is 0. The molecule has 0 heterocycles. The van der Waals surface area contributed by atoms with Crippen molar-refractivity contribution in [3.63, 3.8) is 0 Å². The highest BCUT2D eigenvalue weighted by Crippen LogP contribution is 2.41. The summed E-state index contributed by atoms with van der Waals surface area (Å²) >= 11 is 0. The third kappa shape index (κ3) is 9.38. The molecule has 0 amide bonds. The maximum absolute atomic E-state index is 2.55. The lowest BCUT2D eigenvalue weighted by molar-refractivity contribution is 0.662. The SMILES string of the molecule is CCCCCCc1cc(-c2ccc(N(c3ccc(-c4ccc(C)cc4)cc3)c3ccc(-c4ccccc4)c(C)c3)cc2C)c(CCCCCC)cc1C. The van der Waals surface area contributed by atoms with Gasteiger partial charge < -0.3 is 4.90 Å². The molecule has 0 aromatic heterocycles. The van der Waals surface area contributed by atoms with Gasteiger partial charge in [0, 0.05) is 17.1 Å². The Morgan fingerprint density at radius 2 is 0.906 bits per heavy atom. The first-order valence-electron chi connectivity index (χ1n) is 20.2. The van der Waals surface area contributed by atoms with Crippen LogP contribution >= 0.6 is 0 Å². The average Bonchev–Trinajstić information content (AvgIpc) is 3.17. The van der Waals surface area contributed by atoms with E-state index in [1.165, 1.54) is 130 Å². The summed E-state index contributed by atoms with van der Waals surface area (Å²) in [6.45, 7) is 13.6. The van der Waals surface area contributed by atoms with Crippen LogP contribution in [0.15, 0.2) is 127 Å². The Kier molecular flexibility index (Phi) is 13.0. The van der Waals surface area contributed by atoms with Crippen molar-refractivity contribution in [1.82, 2.24) is 0 Å². The molecule has 0 aliphatic heterocycles. The van der Waals surface area contributed by atoms with Gasteiger partial charge in [0.1, 0.15) is 0 Å². The number of unbranched alkanes of at least 4 members (excludes halogenated alkanes) is 6. The third-order valence-corrected chi connectivity index (χ3v) is 11.0. The van der Waals surface area contributed by atoms with Crippen molar-refractivity contribution in [2.24, 2.45) is 0 Å². The smallest absolute Gasteiger partial charge is 0.0464 e. The zero-order valence-electron chi connectivity index (χ0n) is 33.1. The Morgan fingerprint density at radius 3 is 1.47 bits per heavy atom. The summed E-state index contributed by atoms with van der Waals surface area (Å²) in [4.78, 5) is 2.43. The Hall–Kier alpha value is -4.88. The van der Waals surface area contributed by atoms with Crippen LogP contribution in [0, 0.1) is 27.7 Å². The highest BCUT2D eigenvalue weighted by molar-refractivity contribution is 5.83. The van der Waals surface area contributed by atoms with E-state index >= 15 is 0 Å². The minimum atomic E-state index is 1.14. The van der Waals surface area contributed by atoms with Gasteiger partial charge in [-0.25, -0.2) is 0 Å². The first kappa shape index (κ1) is 37.9. The minimum Gasteiger partial charge on any atom is -0.310 e. The predicted octanol–water partition coefficient (Wildman–Crippen LogP) is 15.6. The monoisotopic (exact) mass is 697 g/mol. The molecule has 0 spiro atoms. The van der Waals surface area contributed by atoms with Crippen molar-refractivity contribution in [2.75, 3.05) is 4.90 Å². The van der Waals surface area contributed by atoms with Gasteiger partial charge in [-0.15, -0.1) is 0 Å². The number of hydrogen-bond acceptors (Lipinski definition) is 1. The van der Waals surface area contributed by atoms with Gasteiger partial charge in [0.15, 0.2) is 0 Å². The summed E-state index contributed by atoms with van der Waals surface area (Å²) in [6, 6.07) is 47.7. The van der Waals surface area contributed by atoms with Crippen LogP contribution in [0.25, 0.3) is 33.4 Å². The van der Waals surface area contributed by atoms with Crippen LogP contribution < -0.4 is 4.90 Å². The van der Waals surface area contributed by atoms with Crippen LogP contribution in [0.4, 0.5) is 17.1 Å². The topological polar surface area (TPSA) is 3.24 Å². The van der Waals surface area contributed by atoms with E-state index in [1.807, 2.05) is 0 Å². The van der Waals surface area contributed by atoms with Gasteiger partial charge in [-0.05, 0) is 151 Å². The summed E-state index contributed by atoms with van der Waals surface area (Å²) < 4.78 is 0. The van der Waals surface area contributed by atoms with Crippen molar-refractivity contribution in [1.29, 1.82) is 0 Å². The summed E-state index contributed by atoms with van der Waals surface area (Å²) in [6.07, 6.45) is 12.6. The second-order valence-electron chi connectivity index (χ2n) is 15.2. The predicted molar refractivity (Wildman–Crippen MR) is 232 cm³/mol. The quantitative estimate of drug-likeness (QED) is 0.0910. The summed E-state index contributed by atoms with van der Waals surface area (Å²) in [5.41, 5.74) is 19.6. The molecule has 53 heavy (non-hydrogen) atoms. The fraction of sp³-hybridized carbons (Fsp3) is 0.308. The molecule has 272 valence electrons. The summed E-state index contributed by atoms with van der Waals surface area (Å²) in [7, 11) is 0. The Balaban J connectivity index is 1.41.